The number of thiophene rings is 1. The minimum absolute atomic E-state index is 0.108. The standard InChI is InChI=1S/C25H30FN5O3S/c1-14(2)21(29-22(32)17-5-7-18(26)8-6-17)25(34)31-11-9-30(10-12-31)13-19-27-23(33)20-15(3)16(4)35-24(20)28-19/h5-8,14,21H,9-13H2,1-4H3,(H,29,32)(H,27,28,33)/t21-/m0/s1. The first-order chi connectivity index (χ1) is 16.6. The predicted octanol–water partition coefficient (Wildman–Crippen LogP) is 2.84. The highest BCUT2D eigenvalue weighted by atomic mass is 32.1. The van der Waals surface area contributed by atoms with Gasteiger partial charge in [0, 0.05) is 36.6 Å². The van der Waals surface area contributed by atoms with Crippen molar-refractivity contribution in [3.63, 3.8) is 0 Å². The Labute approximate surface area is 207 Å². The molecule has 1 fully saturated rings. The van der Waals surface area contributed by atoms with E-state index in [1.807, 2.05) is 27.7 Å². The summed E-state index contributed by atoms with van der Waals surface area (Å²) in [6.07, 6.45) is 0. The Balaban J connectivity index is 1.37. The zero-order valence-corrected chi connectivity index (χ0v) is 21.2. The first-order valence-electron chi connectivity index (χ1n) is 11.7. The second-order valence-corrected chi connectivity index (χ2v) is 10.5. The molecule has 0 unspecified atom stereocenters. The Bertz CT molecular complexity index is 1290. The minimum Gasteiger partial charge on any atom is -0.340 e. The monoisotopic (exact) mass is 499 g/mol. The summed E-state index contributed by atoms with van der Waals surface area (Å²) in [5.41, 5.74) is 1.17. The molecule has 3 heterocycles. The van der Waals surface area contributed by atoms with Gasteiger partial charge < -0.3 is 15.2 Å². The molecular formula is C25H30FN5O3S. The zero-order chi connectivity index (χ0) is 25.3. The van der Waals surface area contributed by atoms with Crippen molar-refractivity contribution in [2.75, 3.05) is 26.2 Å². The summed E-state index contributed by atoms with van der Waals surface area (Å²) in [5.74, 6) is -0.442. The van der Waals surface area contributed by atoms with Gasteiger partial charge in [-0.05, 0) is 49.6 Å². The molecule has 4 rings (SSSR count). The quantitative estimate of drug-likeness (QED) is 0.544. The zero-order valence-electron chi connectivity index (χ0n) is 20.4. The fraction of sp³-hybridized carbons (Fsp3) is 0.440. The molecule has 2 aromatic heterocycles. The number of hydrogen-bond donors (Lipinski definition) is 2. The van der Waals surface area contributed by atoms with Crippen LogP contribution < -0.4 is 10.9 Å². The topological polar surface area (TPSA) is 98.4 Å². The molecule has 0 bridgehead atoms. The average molecular weight is 500 g/mol. The van der Waals surface area contributed by atoms with Crippen LogP contribution in [0.2, 0.25) is 0 Å². The van der Waals surface area contributed by atoms with Gasteiger partial charge in [-0.2, -0.15) is 0 Å². The largest absolute Gasteiger partial charge is 0.340 e. The molecule has 1 saturated heterocycles. The van der Waals surface area contributed by atoms with E-state index in [-0.39, 0.29) is 17.4 Å². The van der Waals surface area contributed by atoms with Crippen molar-refractivity contribution in [3.8, 4) is 0 Å². The molecule has 1 aromatic carbocycles. The molecular weight excluding hydrogens is 469 g/mol. The van der Waals surface area contributed by atoms with Crippen molar-refractivity contribution in [2.45, 2.75) is 40.3 Å². The third-order valence-electron chi connectivity index (χ3n) is 6.47. The third-order valence-corrected chi connectivity index (χ3v) is 7.57. The number of aromatic nitrogens is 2. The number of nitrogens with zero attached hydrogens (tertiary/aromatic N) is 3. The van der Waals surface area contributed by atoms with Gasteiger partial charge in [0.2, 0.25) is 5.91 Å². The van der Waals surface area contributed by atoms with Gasteiger partial charge in [0.1, 0.15) is 22.5 Å². The van der Waals surface area contributed by atoms with Crippen molar-refractivity contribution in [1.82, 2.24) is 25.1 Å². The number of rotatable bonds is 6. The number of carbonyl (C=O) groups excluding carboxylic acids is 2. The van der Waals surface area contributed by atoms with Crippen molar-refractivity contribution in [3.05, 3.63) is 62.3 Å². The molecule has 0 aliphatic carbocycles. The number of piperazine rings is 1. The second kappa shape index (κ2) is 10.2. The number of fused-ring (bicyclic) bond motifs is 1. The van der Waals surface area contributed by atoms with E-state index in [1.165, 1.54) is 35.6 Å². The molecule has 1 aliphatic heterocycles. The van der Waals surface area contributed by atoms with Gasteiger partial charge in [0.25, 0.3) is 11.5 Å². The Morgan fingerprint density at radius 1 is 1.14 bits per heavy atom. The Hall–Kier alpha value is -3.11. The molecule has 2 N–H and O–H groups in total. The average Bonchev–Trinajstić information content (AvgIpc) is 3.11. The number of benzene rings is 1. The third kappa shape index (κ3) is 5.43. The first kappa shape index (κ1) is 25.0. The molecule has 1 atom stereocenters. The molecule has 0 spiro atoms. The maximum atomic E-state index is 13.2. The van der Waals surface area contributed by atoms with Crippen LogP contribution in [-0.2, 0) is 11.3 Å². The Morgan fingerprint density at radius 2 is 1.80 bits per heavy atom. The smallest absolute Gasteiger partial charge is 0.259 e. The van der Waals surface area contributed by atoms with Crippen LogP contribution in [0.3, 0.4) is 0 Å². The molecule has 1 aliphatic rings. The lowest BCUT2D eigenvalue weighted by Crippen LogP contribution is -2.56. The first-order valence-corrected chi connectivity index (χ1v) is 12.5. The summed E-state index contributed by atoms with van der Waals surface area (Å²) in [5, 5.41) is 3.48. The minimum atomic E-state index is -0.676. The van der Waals surface area contributed by atoms with E-state index in [4.69, 9.17) is 0 Å². The number of halogens is 1. The molecule has 3 aromatic rings. The number of amides is 2. The summed E-state index contributed by atoms with van der Waals surface area (Å²) in [7, 11) is 0. The molecule has 0 radical (unpaired) electrons. The van der Waals surface area contributed by atoms with E-state index >= 15 is 0 Å². The van der Waals surface area contributed by atoms with Gasteiger partial charge in [-0.3, -0.25) is 19.3 Å². The number of hydrogen-bond acceptors (Lipinski definition) is 6. The summed E-state index contributed by atoms with van der Waals surface area (Å²) in [4.78, 5) is 51.7. The van der Waals surface area contributed by atoms with Crippen LogP contribution in [0.15, 0.2) is 29.1 Å². The molecule has 35 heavy (non-hydrogen) atoms. The van der Waals surface area contributed by atoms with Gasteiger partial charge in [-0.15, -0.1) is 11.3 Å². The highest BCUT2D eigenvalue weighted by molar-refractivity contribution is 7.18. The Kier molecular flexibility index (Phi) is 7.32. The van der Waals surface area contributed by atoms with E-state index in [1.54, 1.807) is 4.90 Å². The lowest BCUT2D eigenvalue weighted by atomic mass is 10.0. The number of nitrogens with one attached hydrogen (secondary N) is 2. The van der Waals surface area contributed by atoms with Crippen LogP contribution in [0.1, 0.15) is 40.5 Å². The molecule has 8 nitrogen and oxygen atoms in total. The van der Waals surface area contributed by atoms with Gasteiger partial charge in [-0.1, -0.05) is 13.8 Å². The number of carbonyl (C=O) groups is 2. The van der Waals surface area contributed by atoms with Crippen molar-refractivity contribution in [2.24, 2.45) is 5.92 Å². The van der Waals surface area contributed by atoms with E-state index < -0.39 is 17.8 Å². The van der Waals surface area contributed by atoms with Gasteiger partial charge in [-0.25, -0.2) is 9.37 Å². The number of aromatic amines is 1. The lowest BCUT2D eigenvalue weighted by Gasteiger charge is -2.37. The van der Waals surface area contributed by atoms with E-state index in [2.05, 4.69) is 20.2 Å². The maximum Gasteiger partial charge on any atom is 0.259 e. The van der Waals surface area contributed by atoms with Gasteiger partial charge in [0.15, 0.2) is 0 Å². The Morgan fingerprint density at radius 3 is 2.43 bits per heavy atom. The second-order valence-electron chi connectivity index (χ2n) is 9.28. The van der Waals surface area contributed by atoms with Crippen LogP contribution in [-0.4, -0.2) is 63.8 Å². The van der Waals surface area contributed by atoms with Crippen LogP contribution in [0, 0.1) is 25.6 Å². The highest BCUT2D eigenvalue weighted by Gasteiger charge is 2.31. The summed E-state index contributed by atoms with van der Waals surface area (Å²) < 4.78 is 13.2. The van der Waals surface area contributed by atoms with Crippen LogP contribution in [0.5, 0.6) is 0 Å². The fourth-order valence-electron chi connectivity index (χ4n) is 4.25. The van der Waals surface area contributed by atoms with Crippen molar-refractivity contribution in [1.29, 1.82) is 0 Å². The molecule has 0 saturated carbocycles. The number of H-pyrrole nitrogens is 1. The summed E-state index contributed by atoms with van der Waals surface area (Å²) in [6, 6.07) is 4.58. The molecule has 10 heteroatoms. The van der Waals surface area contributed by atoms with Gasteiger partial charge in [0.05, 0.1) is 11.9 Å². The van der Waals surface area contributed by atoms with Crippen molar-refractivity contribution < 1.29 is 14.0 Å². The summed E-state index contributed by atoms with van der Waals surface area (Å²) >= 11 is 1.53. The molecule has 2 amide bonds. The van der Waals surface area contributed by atoms with E-state index in [0.29, 0.717) is 49.5 Å². The van der Waals surface area contributed by atoms with Crippen LogP contribution in [0.4, 0.5) is 4.39 Å². The number of aryl methyl sites for hydroxylation is 2. The predicted molar refractivity (Wildman–Crippen MR) is 134 cm³/mol. The van der Waals surface area contributed by atoms with Crippen molar-refractivity contribution >= 4 is 33.4 Å². The van der Waals surface area contributed by atoms with E-state index in [9.17, 15) is 18.8 Å². The normalized spacial score (nSPS) is 15.5. The van der Waals surface area contributed by atoms with Gasteiger partial charge >= 0.3 is 0 Å². The van der Waals surface area contributed by atoms with Crippen LogP contribution in [0.25, 0.3) is 10.2 Å². The maximum absolute atomic E-state index is 13.2. The SMILES string of the molecule is Cc1sc2nc(CN3CCN(C(=O)[C@@H](NC(=O)c4ccc(F)cc4)C(C)C)CC3)[nH]c(=O)c2c1C. The highest BCUT2D eigenvalue weighted by Crippen LogP contribution is 2.25. The fourth-order valence-corrected chi connectivity index (χ4v) is 5.30. The molecule has 186 valence electrons. The van der Waals surface area contributed by atoms with Crippen LogP contribution >= 0.6 is 11.3 Å². The van der Waals surface area contributed by atoms with E-state index in [0.717, 1.165) is 15.3 Å². The summed E-state index contributed by atoms with van der Waals surface area (Å²) in [6.45, 7) is 10.5. The lowest BCUT2D eigenvalue weighted by molar-refractivity contribution is -0.136.